The molecule has 0 aliphatic carbocycles. The molecule has 0 atom stereocenters. The highest BCUT2D eigenvalue weighted by atomic mass is 79.9. The van der Waals surface area contributed by atoms with Crippen LogP contribution in [0.2, 0.25) is 5.02 Å². The van der Waals surface area contributed by atoms with Gasteiger partial charge in [0.2, 0.25) is 0 Å². The van der Waals surface area contributed by atoms with E-state index in [1.165, 1.54) is 24.4 Å². The monoisotopic (exact) mass is 343 g/mol. The number of para-hydroxylation sites is 1. The third kappa shape index (κ3) is 3.65. The van der Waals surface area contributed by atoms with Gasteiger partial charge in [-0.2, -0.15) is 0 Å². The fraction of sp³-hybridized carbons (Fsp3) is 0. The van der Waals surface area contributed by atoms with E-state index in [1.54, 1.807) is 12.1 Å². The molecule has 0 aliphatic heterocycles. The van der Waals surface area contributed by atoms with Crippen LogP contribution in [0.3, 0.4) is 0 Å². The molecule has 2 amide bonds. The molecule has 0 radical (unpaired) electrons. The van der Waals surface area contributed by atoms with Crippen molar-refractivity contribution in [3.63, 3.8) is 0 Å². The maximum absolute atomic E-state index is 13.5. The number of nitrogens with one attached hydrogen (secondary N) is 2. The first-order valence-corrected chi connectivity index (χ1v) is 6.37. The van der Waals surface area contributed by atoms with Crippen LogP contribution < -0.4 is 10.6 Å². The number of aromatic nitrogens is 1. The Morgan fingerprint density at radius 3 is 2.79 bits per heavy atom. The Kier molecular flexibility index (Phi) is 4.34. The van der Waals surface area contributed by atoms with Crippen molar-refractivity contribution in [3.05, 3.63) is 51.8 Å². The van der Waals surface area contributed by atoms with Crippen molar-refractivity contribution in [2.75, 3.05) is 10.6 Å². The summed E-state index contributed by atoms with van der Waals surface area (Å²) < 4.78 is 14.2. The lowest BCUT2D eigenvalue weighted by atomic mass is 10.3. The minimum absolute atomic E-state index is 0.0725. The van der Waals surface area contributed by atoms with Gasteiger partial charge >= 0.3 is 6.03 Å². The number of amides is 2. The lowest BCUT2D eigenvalue weighted by Gasteiger charge is -2.09. The smallest absolute Gasteiger partial charge is 0.304 e. The molecule has 0 bridgehead atoms. The van der Waals surface area contributed by atoms with Crippen molar-refractivity contribution in [2.24, 2.45) is 0 Å². The van der Waals surface area contributed by atoms with Gasteiger partial charge in [0.15, 0.2) is 0 Å². The van der Waals surface area contributed by atoms with E-state index < -0.39 is 11.8 Å². The predicted molar refractivity (Wildman–Crippen MR) is 76.0 cm³/mol. The number of urea groups is 1. The number of anilines is 2. The van der Waals surface area contributed by atoms with Crippen molar-refractivity contribution in [2.45, 2.75) is 0 Å². The summed E-state index contributed by atoms with van der Waals surface area (Å²) in [6, 6.07) is 6.85. The van der Waals surface area contributed by atoms with Crippen molar-refractivity contribution in [1.82, 2.24) is 4.98 Å². The third-order valence-electron chi connectivity index (χ3n) is 2.16. The lowest BCUT2D eigenvalue weighted by Crippen LogP contribution is -2.21. The van der Waals surface area contributed by atoms with E-state index in [0.717, 1.165) is 4.47 Å². The highest BCUT2D eigenvalue weighted by Crippen LogP contribution is 2.24. The molecule has 1 heterocycles. The fourth-order valence-electron chi connectivity index (χ4n) is 1.35. The predicted octanol–water partition coefficient (Wildman–Crippen LogP) is 4.28. The summed E-state index contributed by atoms with van der Waals surface area (Å²) in [6.45, 7) is 0. The van der Waals surface area contributed by atoms with E-state index in [9.17, 15) is 9.18 Å². The number of nitrogens with zero attached hydrogens (tertiary/aromatic N) is 1. The van der Waals surface area contributed by atoms with Crippen molar-refractivity contribution in [1.29, 1.82) is 0 Å². The standard InChI is InChI=1S/C12H8BrClFN3O/c13-7-4-5-16-10(6-7)17-12(19)18-11-8(14)2-1-3-9(11)15/h1-6H,(H2,16,17,18,19). The summed E-state index contributed by atoms with van der Waals surface area (Å²) >= 11 is 9.05. The molecule has 1 aromatic carbocycles. The van der Waals surface area contributed by atoms with Crippen LogP contribution in [0.25, 0.3) is 0 Å². The Morgan fingerprint density at radius 1 is 1.32 bits per heavy atom. The number of pyridine rings is 1. The van der Waals surface area contributed by atoms with Crippen LogP contribution in [0.5, 0.6) is 0 Å². The number of halogens is 3. The number of hydrogen-bond acceptors (Lipinski definition) is 2. The van der Waals surface area contributed by atoms with Gasteiger partial charge in [0, 0.05) is 10.7 Å². The fourth-order valence-corrected chi connectivity index (χ4v) is 1.90. The number of hydrogen-bond donors (Lipinski definition) is 2. The van der Waals surface area contributed by atoms with Gasteiger partial charge in [-0.3, -0.25) is 5.32 Å². The molecule has 0 saturated carbocycles. The molecule has 0 unspecified atom stereocenters. The summed E-state index contributed by atoms with van der Waals surface area (Å²) in [7, 11) is 0. The molecule has 0 spiro atoms. The number of rotatable bonds is 2. The molecule has 0 fully saturated rings. The Balaban J connectivity index is 2.10. The van der Waals surface area contributed by atoms with Crippen LogP contribution in [0.15, 0.2) is 41.0 Å². The average Bonchev–Trinajstić information content (AvgIpc) is 2.34. The molecule has 0 saturated heterocycles. The minimum atomic E-state index is -0.627. The Hall–Kier alpha value is -1.66. The topological polar surface area (TPSA) is 54.0 Å². The second-order valence-corrected chi connectivity index (χ2v) is 4.86. The van der Waals surface area contributed by atoms with Gasteiger partial charge in [-0.15, -0.1) is 0 Å². The number of benzene rings is 1. The largest absolute Gasteiger partial charge is 0.324 e. The van der Waals surface area contributed by atoms with Gasteiger partial charge < -0.3 is 5.32 Å². The van der Waals surface area contributed by atoms with Gasteiger partial charge in [-0.1, -0.05) is 33.6 Å². The quantitative estimate of drug-likeness (QED) is 0.854. The lowest BCUT2D eigenvalue weighted by molar-refractivity contribution is 0.262. The van der Waals surface area contributed by atoms with Gasteiger partial charge in [-0.25, -0.2) is 14.2 Å². The summed E-state index contributed by atoms with van der Waals surface area (Å²) in [5.41, 5.74) is -0.0725. The molecule has 2 N–H and O–H groups in total. The molecule has 19 heavy (non-hydrogen) atoms. The van der Waals surface area contributed by atoms with E-state index >= 15 is 0 Å². The molecule has 7 heteroatoms. The first kappa shape index (κ1) is 13.8. The summed E-state index contributed by atoms with van der Waals surface area (Å²) in [5.74, 6) is -0.274. The van der Waals surface area contributed by atoms with Gasteiger partial charge in [0.1, 0.15) is 11.6 Å². The van der Waals surface area contributed by atoms with Gasteiger partial charge in [0.05, 0.1) is 10.7 Å². The first-order valence-electron chi connectivity index (χ1n) is 5.20. The molecule has 2 aromatic rings. The van der Waals surface area contributed by atoms with E-state index in [-0.39, 0.29) is 10.7 Å². The summed E-state index contributed by atoms with van der Waals surface area (Å²) in [6.07, 6.45) is 1.52. The molecule has 0 aliphatic rings. The molecular formula is C12H8BrClFN3O. The van der Waals surface area contributed by atoms with Crippen LogP contribution >= 0.6 is 27.5 Å². The summed E-state index contributed by atoms with van der Waals surface area (Å²) in [5, 5.41) is 4.93. The van der Waals surface area contributed by atoms with E-state index in [0.29, 0.717) is 5.82 Å². The Morgan fingerprint density at radius 2 is 2.11 bits per heavy atom. The molecule has 1 aromatic heterocycles. The van der Waals surface area contributed by atoms with Crippen molar-refractivity contribution in [3.8, 4) is 0 Å². The maximum Gasteiger partial charge on any atom is 0.324 e. The highest BCUT2D eigenvalue weighted by Gasteiger charge is 2.11. The molecule has 2 rings (SSSR count). The third-order valence-corrected chi connectivity index (χ3v) is 2.97. The van der Waals surface area contributed by atoms with Crippen LogP contribution in [-0.4, -0.2) is 11.0 Å². The molecular weight excluding hydrogens is 337 g/mol. The second kappa shape index (κ2) is 5.99. The zero-order valence-corrected chi connectivity index (χ0v) is 11.8. The highest BCUT2D eigenvalue weighted by molar-refractivity contribution is 9.10. The number of carbonyl (C=O) groups is 1. The molecule has 98 valence electrons. The second-order valence-electron chi connectivity index (χ2n) is 3.54. The van der Waals surface area contributed by atoms with Crippen molar-refractivity contribution < 1.29 is 9.18 Å². The van der Waals surface area contributed by atoms with Gasteiger partial charge in [0.25, 0.3) is 0 Å². The van der Waals surface area contributed by atoms with Crippen LogP contribution in [0.1, 0.15) is 0 Å². The van der Waals surface area contributed by atoms with E-state index in [1.807, 2.05) is 0 Å². The molecule has 4 nitrogen and oxygen atoms in total. The average molecular weight is 345 g/mol. The summed E-state index contributed by atoms with van der Waals surface area (Å²) in [4.78, 5) is 15.6. The normalized spacial score (nSPS) is 10.1. The first-order chi connectivity index (χ1) is 9.06. The van der Waals surface area contributed by atoms with Crippen LogP contribution in [0.4, 0.5) is 20.7 Å². The van der Waals surface area contributed by atoms with Crippen LogP contribution in [-0.2, 0) is 0 Å². The minimum Gasteiger partial charge on any atom is -0.304 e. The van der Waals surface area contributed by atoms with E-state index in [2.05, 4.69) is 31.5 Å². The Bertz CT molecular complexity index is 603. The number of carbonyl (C=O) groups excluding carboxylic acids is 1. The van der Waals surface area contributed by atoms with Gasteiger partial charge in [-0.05, 0) is 24.3 Å². The SMILES string of the molecule is O=C(Nc1cc(Br)ccn1)Nc1c(F)cccc1Cl. The zero-order chi connectivity index (χ0) is 13.8. The Labute approximate surface area is 122 Å². The zero-order valence-electron chi connectivity index (χ0n) is 9.45. The van der Waals surface area contributed by atoms with Crippen LogP contribution in [0, 0.1) is 5.82 Å². The van der Waals surface area contributed by atoms with E-state index in [4.69, 9.17) is 11.6 Å². The van der Waals surface area contributed by atoms with Crippen molar-refractivity contribution >= 4 is 45.1 Å². The maximum atomic E-state index is 13.5.